The van der Waals surface area contributed by atoms with Crippen molar-refractivity contribution in [2.75, 3.05) is 29.9 Å². The first-order chi connectivity index (χ1) is 19.1. The predicted octanol–water partition coefficient (Wildman–Crippen LogP) is 5.34. The molecule has 2 aromatic heterocycles. The van der Waals surface area contributed by atoms with Gasteiger partial charge in [-0.05, 0) is 66.8 Å². The van der Waals surface area contributed by atoms with Gasteiger partial charge in [-0.15, -0.1) is 0 Å². The third kappa shape index (κ3) is 6.39. The lowest BCUT2D eigenvalue weighted by atomic mass is 10.0. The van der Waals surface area contributed by atoms with Crippen LogP contribution in [0, 0.1) is 17.1 Å². The van der Waals surface area contributed by atoms with E-state index in [-0.39, 0.29) is 11.7 Å². The van der Waals surface area contributed by atoms with E-state index in [0.29, 0.717) is 47.7 Å². The van der Waals surface area contributed by atoms with E-state index in [1.807, 2.05) is 30.3 Å². The molecule has 196 valence electrons. The number of anilines is 2. The molecule has 1 saturated heterocycles. The number of nitriles is 1. The van der Waals surface area contributed by atoms with Gasteiger partial charge in [0.1, 0.15) is 17.5 Å². The molecule has 5 rings (SSSR count). The molecule has 39 heavy (non-hydrogen) atoms. The van der Waals surface area contributed by atoms with Crippen LogP contribution in [0.4, 0.5) is 16.0 Å². The van der Waals surface area contributed by atoms with Crippen molar-refractivity contribution in [2.24, 2.45) is 0 Å². The Labute approximate surface area is 227 Å². The first kappa shape index (κ1) is 25.9. The van der Waals surface area contributed by atoms with E-state index in [0.717, 1.165) is 30.0 Å². The number of nitrogens with zero attached hydrogens (tertiary/aromatic N) is 4. The molecule has 1 fully saturated rings. The quantitative estimate of drug-likeness (QED) is 0.310. The molecule has 0 bridgehead atoms. The molecule has 0 radical (unpaired) electrons. The SMILES string of the molecule is N#Cc1ccccc1-c1ccc(C(=O)NCc2ccc(N3CCCC3)nc2)c(NCCc2cccc(F)c2)n1. The van der Waals surface area contributed by atoms with E-state index in [1.165, 1.54) is 25.0 Å². The highest BCUT2D eigenvalue weighted by atomic mass is 19.1. The summed E-state index contributed by atoms with van der Waals surface area (Å²) in [6.07, 6.45) is 4.72. The maximum absolute atomic E-state index is 13.6. The Balaban J connectivity index is 1.33. The third-order valence-corrected chi connectivity index (χ3v) is 6.75. The lowest BCUT2D eigenvalue weighted by molar-refractivity contribution is 0.0951. The summed E-state index contributed by atoms with van der Waals surface area (Å²) in [6, 6.07) is 23.3. The zero-order valence-electron chi connectivity index (χ0n) is 21.5. The molecule has 1 amide bonds. The minimum Gasteiger partial charge on any atom is -0.369 e. The van der Waals surface area contributed by atoms with Gasteiger partial charge < -0.3 is 15.5 Å². The lowest BCUT2D eigenvalue weighted by Gasteiger charge is -2.16. The summed E-state index contributed by atoms with van der Waals surface area (Å²) in [5.74, 6) is 0.796. The Kier molecular flexibility index (Phi) is 8.08. The molecular weight excluding hydrogens is 491 g/mol. The van der Waals surface area contributed by atoms with E-state index in [9.17, 15) is 14.4 Å². The second-order valence-electron chi connectivity index (χ2n) is 9.46. The summed E-state index contributed by atoms with van der Waals surface area (Å²) >= 11 is 0. The van der Waals surface area contributed by atoms with Crippen LogP contribution in [-0.4, -0.2) is 35.5 Å². The number of rotatable bonds is 9. The molecule has 7 nitrogen and oxygen atoms in total. The molecular formula is C31H29FN6O. The Bertz CT molecular complexity index is 1490. The first-order valence-corrected chi connectivity index (χ1v) is 13.1. The van der Waals surface area contributed by atoms with Crippen LogP contribution in [0.1, 0.15) is 39.9 Å². The number of benzene rings is 2. The van der Waals surface area contributed by atoms with Crippen molar-refractivity contribution in [3.05, 3.63) is 107 Å². The van der Waals surface area contributed by atoms with Gasteiger partial charge >= 0.3 is 0 Å². The zero-order valence-corrected chi connectivity index (χ0v) is 21.5. The maximum atomic E-state index is 13.6. The standard InChI is InChI=1S/C31H29FN6O/c32-25-8-5-6-22(18-25)14-15-34-30-27(11-12-28(37-30)26-9-2-1-7-24(26)19-33)31(39)36-21-23-10-13-29(35-20-23)38-16-3-4-17-38/h1-2,5-13,18,20H,3-4,14-17,21H2,(H,34,37)(H,36,39). The molecule has 0 atom stereocenters. The first-order valence-electron chi connectivity index (χ1n) is 13.1. The summed E-state index contributed by atoms with van der Waals surface area (Å²) in [6.45, 7) is 2.83. The van der Waals surface area contributed by atoms with Gasteiger partial charge in [0, 0.05) is 37.9 Å². The van der Waals surface area contributed by atoms with Crippen LogP contribution in [0.25, 0.3) is 11.3 Å². The van der Waals surface area contributed by atoms with Gasteiger partial charge in [-0.1, -0.05) is 36.4 Å². The largest absolute Gasteiger partial charge is 0.369 e. The van der Waals surface area contributed by atoms with Crippen LogP contribution in [0.15, 0.2) is 79.0 Å². The highest BCUT2D eigenvalue weighted by Gasteiger charge is 2.17. The Morgan fingerprint density at radius 2 is 1.85 bits per heavy atom. The fourth-order valence-electron chi connectivity index (χ4n) is 4.68. The molecule has 2 aromatic carbocycles. The van der Waals surface area contributed by atoms with E-state index in [1.54, 1.807) is 36.5 Å². The van der Waals surface area contributed by atoms with Gasteiger partial charge in [-0.25, -0.2) is 14.4 Å². The van der Waals surface area contributed by atoms with Crippen LogP contribution >= 0.6 is 0 Å². The van der Waals surface area contributed by atoms with Gasteiger partial charge in [-0.2, -0.15) is 5.26 Å². The van der Waals surface area contributed by atoms with Gasteiger partial charge in [0.05, 0.1) is 22.9 Å². The van der Waals surface area contributed by atoms with Gasteiger partial charge in [0.15, 0.2) is 0 Å². The molecule has 2 N–H and O–H groups in total. The van der Waals surface area contributed by atoms with Crippen molar-refractivity contribution in [1.29, 1.82) is 5.26 Å². The van der Waals surface area contributed by atoms with Crippen molar-refractivity contribution in [3.8, 4) is 17.3 Å². The Morgan fingerprint density at radius 3 is 2.62 bits per heavy atom. The topological polar surface area (TPSA) is 93.9 Å². The summed E-state index contributed by atoms with van der Waals surface area (Å²) in [4.78, 5) is 24.8. The average Bonchev–Trinajstić information content (AvgIpc) is 3.51. The number of aromatic nitrogens is 2. The fraction of sp³-hybridized carbons (Fsp3) is 0.226. The zero-order chi connectivity index (χ0) is 27.0. The van der Waals surface area contributed by atoms with Crippen LogP contribution in [0.2, 0.25) is 0 Å². The molecule has 0 saturated carbocycles. The lowest BCUT2D eigenvalue weighted by Crippen LogP contribution is -2.25. The molecule has 8 heteroatoms. The summed E-state index contributed by atoms with van der Waals surface area (Å²) in [7, 11) is 0. The van der Waals surface area contributed by atoms with Crippen LogP contribution in [0.3, 0.4) is 0 Å². The van der Waals surface area contributed by atoms with Crippen LogP contribution < -0.4 is 15.5 Å². The monoisotopic (exact) mass is 520 g/mol. The number of pyridine rings is 2. The number of halogens is 1. The van der Waals surface area contributed by atoms with Crippen LogP contribution in [-0.2, 0) is 13.0 Å². The average molecular weight is 521 g/mol. The van der Waals surface area contributed by atoms with E-state index < -0.39 is 0 Å². The van der Waals surface area contributed by atoms with Crippen molar-refractivity contribution in [1.82, 2.24) is 15.3 Å². The molecule has 3 heterocycles. The third-order valence-electron chi connectivity index (χ3n) is 6.75. The number of hydrogen-bond donors (Lipinski definition) is 2. The van der Waals surface area contributed by atoms with E-state index >= 15 is 0 Å². The van der Waals surface area contributed by atoms with Gasteiger partial charge in [0.2, 0.25) is 0 Å². The number of amides is 1. The summed E-state index contributed by atoms with van der Waals surface area (Å²) in [5, 5.41) is 15.8. The Morgan fingerprint density at radius 1 is 1.00 bits per heavy atom. The smallest absolute Gasteiger partial charge is 0.255 e. The fourth-order valence-corrected chi connectivity index (χ4v) is 4.68. The van der Waals surface area contributed by atoms with E-state index in [2.05, 4.69) is 26.6 Å². The van der Waals surface area contributed by atoms with Gasteiger partial charge in [-0.3, -0.25) is 4.79 Å². The second-order valence-corrected chi connectivity index (χ2v) is 9.46. The molecule has 1 aliphatic rings. The normalized spacial score (nSPS) is 12.7. The molecule has 0 unspecified atom stereocenters. The minimum absolute atomic E-state index is 0.278. The summed E-state index contributed by atoms with van der Waals surface area (Å²) < 4.78 is 13.6. The second kappa shape index (κ2) is 12.2. The highest BCUT2D eigenvalue weighted by molar-refractivity contribution is 5.99. The van der Waals surface area contributed by atoms with Gasteiger partial charge in [0.25, 0.3) is 5.91 Å². The maximum Gasteiger partial charge on any atom is 0.255 e. The molecule has 1 aliphatic heterocycles. The minimum atomic E-state index is -0.288. The number of carbonyl (C=O) groups is 1. The molecule has 4 aromatic rings. The number of hydrogen-bond acceptors (Lipinski definition) is 6. The van der Waals surface area contributed by atoms with Crippen molar-refractivity contribution >= 4 is 17.5 Å². The number of nitrogens with one attached hydrogen (secondary N) is 2. The van der Waals surface area contributed by atoms with Crippen molar-refractivity contribution < 1.29 is 9.18 Å². The summed E-state index contributed by atoms with van der Waals surface area (Å²) in [5.41, 5.74) is 3.89. The predicted molar refractivity (Wildman–Crippen MR) is 150 cm³/mol. The molecule has 0 spiro atoms. The molecule has 0 aliphatic carbocycles. The van der Waals surface area contributed by atoms with Crippen LogP contribution in [0.5, 0.6) is 0 Å². The van der Waals surface area contributed by atoms with Crippen molar-refractivity contribution in [3.63, 3.8) is 0 Å². The van der Waals surface area contributed by atoms with E-state index in [4.69, 9.17) is 4.98 Å². The number of carbonyl (C=O) groups excluding carboxylic acids is 1. The van der Waals surface area contributed by atoms with Crippen molar-refractivity contribution in [2.45, 2.75) is 25.8 Å². The highest BCUT2D eigenvalue weighted by Crippen LogP contribution is 2.25. The Hall–Kier alpha value is -4.77.